The molecule has 1 aliphatic rings. The Kier molecular flexibility index (Phi) is 8.75. The highest BCUT2D eigenvalue weighted by Crippen LogP contribution is 2.54. The summed E-state index contributed by atoms with van der Waals surface area (Å²) < 4.78 is 67.0. The van der Waals surface area contributed by atoms with E-state index in [9.17, 15) is 19.3 Å². The Morgan fingerprint density at radius 2 is 1.92 bits per heavy atom. The van der Waals surface area contributed by atoms with Crippen molar-refractivity contribution in [1.82, 2.24) is 9.55 Å². The molecule has 0 bridgehead atoms. The first kappa shape index (κ1) is 29.1. The van der Waals surface area contributed by atoms with Crippen LogP contribution in [0.2, 0.25) is 0 Å². The van der Waals surface area contributed by atoms with Gasteiger partial charge in [0.05, 0.1) is 18.2 Å². The van der Waals surface area contributed by atoms with Crippen molar-refractivity contribution in [2.24, 2.45) is 5.92 Å². The Labute approximate surface area is 217 Å². The van der Waals surface area contributed by atoms with Gasteiger partial charge in [0, 0.05) is 12.3 Å². The second-order valence-corrected chi connectivity index (χ2v) is 11.6. The molecule has 2 heterocycles. The number of aliphatic hydroxyl groups is 1. The number of rotatable bonds is 10. The van der Waals surface area contributed by atoms with Gasteiger partial charge in [0.2, 0.25) is 0 Å². The summed E-state index contributed by atoms with van der Waals surface area (Å²) in [5.41, 5.74) is -3.31. The highest BCUT2D eigenvalue weighted by atomic mass is 32.1. The quantitative estimate of drug-likeness (QED) is 0.250. The first-order valence-corrected chi connectivity index (χ1v) is 13.5. The van der Waals surface area contributed by atoms with Crippen LogP contribution in [0.1, 0.15) is 33.9 Å². The van der Waals surface area contributed by atoms with Crippen LogP contribution in [0.5, 0.6) is 5.75 Å². The second-order valence-electron chi connectivity index (χ2n) is 9.19. The zero-order valence-electron chi connectivity index (χ0n) is 20.6. The van der Waals surface area contributed by atoms with Gasteiger partial charge in [0.25, 0.3) is 11.4 Å². The molecular formula is C23H29F2N2O8PS. The van der Waals surface area contributed by atoms with Crippen LogP contribution in [-0.2, 0) is 23.4 Å². The number of aromatic amines is 1. The van der Waals surface area contributed by atoms with Crippen LogP contribution >= 0.6 is 19.8 Å². The predicted octanol–water partition coefficient (Wildman–Crippen LogP) is 4.07. The third kappa shape index (κ3) is 6.71. The number of hydrogen-bond acceptors (Lipinski definition) is 9. The third-order valence-corrected chi connectivity index (χ3v) is 7.85. The topological polar surface area (TPSA) is 129 Å². The number of para-hydroxylation sites is 1. The van der Waals surface area contributed by atoms with Gasteiger partial charge in [-0.2, -0.15) is 0 Å². The minimum atomic E-state index is -4.30. The Balaban J connectivity index is 1.86. The van der Waals surface area contributed by atoms with Crippen LogP contribution in [0.4, 0.5) is 8.78 Å². The summed E-state index contributed by atoms with van der Waals surface area (Å²) >= 11 is 5.01. The molecule has 14 heteroatoms. The van der Waals surface area contributed by atoms with E-state index in [-0.39, 0.29) is 10.5 Å². The largest absolute Gasteiger partial charge is 0.463 e. The molecule has 0 radical (unpaired) electrons. The fourth-order valence-electron chi connectivity index (χ4n) is 3.68. The van der Waals surface area contributed by atoms with Crippen LogP contribution in [0.3, 0.4) is 0 Å². The molecule has 10 nitrogen and oxygen atoms in total. The molecule has 1 aliphatic heterocycles. The maximum atomic E-state index is 15.9. The van der Waals surface area contributed by atoms with Gasteiger partial charge in [-0.05, 0) is 45.1 Å². The first-order valence-electron chi connectivity index (χ1n) is 11.4. The van der Waals surface area contributed by atoms with Crippen molar-refractivity contribution < 1.29 is 41.8 Å². The van der Waals surface area contributed by atoms with Crippen LogP contribution in [0.15, 0.2) is 47.4 Å². The Morgan fingerprint density at radius 3 is 2.51 bits per heavy atom. The number of aliphatic hydroxyl groups excluding tert-OH is 1. The molecule has 0 aliphatic carbocycles. The number of nitrogens with one attached hydrogen (secondary N) is 1. The summed E-state index contributed by atoms with van der Waals surface area (Å²) in [5, 5.41) is 10.5. The van der Waals surface area contributed by atoms with Gasteiger partial charge in [-0.15, -0.1) is 0 Å². The molecule has 1 saturated heterocycles. The number of carbonyl (C=O) groups is 1. The van der Waals surface area contributed by atoms with Crippen LogP contribution in [-0.4, -0.2) is 57.1 Å². The van der Waals surface area contributed by atoms with E-state index >= 15 is 8.78 Å². The molecule has 0 spiro atoms. The lowest BCUT2D eigenvalue weighted by Gasteiger charge is -2.28. The summed E-state index contributed by atoms with van der Waals surface area (Å²) in [5.74, 6) is -4.73. The average Bonchev–Trinajstić information content (AvgIpc) is 2.98. The van der Waals surface area contributed by atoms with Gasteiger partial charge in [0.15, 0.2) is 22.8 Å². The van der Waals surface area contributed by atoms with Crippen molar-refractivity contribution in [2.45, 2.75) is 57.7 Å². The SMILES string of the molecule is CC(C)OC(=O)[C@H](C)CP(=O)(OC[C@@]1(F)O[C@@H](n2ccc(=O)[nH]c2=S)C(C)(F)[C@H]1O)Oc1ccccc1. The van der Waals surface area contributed by atoms with Gasteiger partial charge >= 0.3 is 13.6 Å². The Bertz CT molecular complexity index is 1270. The Morgan fingerprint density at radius 1 is 1.27 bits per heavy atom. The van der Waals surface area contributed by atoms with E-state index in [0.717, 1.165) is 23.8 Å². The molecule has 204 valence electrons. The molecule has 2 aromatic rings. The molecule has 6 atom stereocenters. The van der Waals surface area contributed by atoms with Crippen LogP contribution in [0.25, 0.3) is 0 Å². The van der Waals surface area contributed by atoms with E-state index in [4.69, 9.17) is 30.7 Å². The third-order valence-electron chi connectivity index (χ3n) is 5.53. The number of ether oxygens (including phenoxy) is 2. The number of H-pyrrole nitrogens is 1. The monoisotopic (exact) mass is 562 g/mol. The number of halogens is 2. The molecular weight excluding hydrogens is 533 g/mol. The first-order chi connectivity index (χ1) is 17.2. The predicted molar refractivity (Wildman–Crippen MR) is 131 cm³/mol. The van der Waals surface area contributed by atoms with E-state index in [2.05, 4.69) is 4.98 Å². The second kappa shape index (κ2) is 11.1. The maximum absolute atomic E-state index is 15.9. The molecule has 37 heavy (non-hydrogen) atoms. The molecule has 1 aromatic heterocycles. The smallest absolute Gasteiger partial charge is 0.380 e. The zero-order valence-corrected chi connectivity index (χ0v) is 22.3. The number of alkyl halides is 2. The van der Waals surface area contributed by atoms with Crippen molar-refractivity contribution in [1.29, 1.82) is 0 Å². The summed E-state index contributed by atoms with van der Waals surface area (Å²) in [6.45, 7) is 4.41. The van der Waals surface area contributed by atoms with Crippen LogP contribution < -0.4 is 10.1 Å². The van der Waals surface area contributed by atoms with E-state index in [1.54, 1.807) is 32.0 Å². The van der Waals surface area contributed by atoms with E-state index in [1.807, 2.05) is 0 Å². The number of benzene rings is 1. The van der Waals surface area contributed by atoms with E-state index in [1.165, 1.54) is 19.1 Å². The number of esters is 1. The zero-order chi connectivity index (χ0) is 27.6. The van der Waals surface area contributed by atoms with E-state index in [0.29, 0.717) is 0 Å². The lowest BCUT2D eigenvalue weighted by Crippen LogP contribution is -2.47. The van der Waals surface area contributed by atoms with Gasteiger partial charge in [-0.25, -0.2) is 13.3 Å². The summed E-state index contributed by atoms with van der Waals surface area (Å²) in [6, 6.07) is 8.87. The minimum absolute atomic E-state index is 0.115. The molecule has 2 N–H and O–H groups in total. The standard InChI is InChI=1S/C23H29F2N2O8PS/c1-14(2)33-18(29)15(3)12-36(31,35-16-8-6-5-7-9-16)32-13-23(25)19(30)22(4,24)20(34-23)27-11-10-17(28)26-21(27)37/h5-11,14-15,19-20,30H,12-13H2,1-4H3,(H,26,28,37)/t15-,19-,20-,22?,23-,36?/m1/s1. The maximum Gasteiger partial charge on any atom is 0.380 e. The molecule has 0 amide bonds. The van der Waals surface area contributed by atoms with Gasteiger partial charge in [-0.3, -0.25) is 23.7 Å². The highest BCUT2D eigenvalue weighted by Gasteiger charge is 2.65. The lowest BCUT2D eigenvalue weighted by atomic mass is 9.97. The molecule has 1 aromatic carbocycles. The molecule has 0 saturated carbocycles. The lowest BCUT2D eigenvalue weighted by molar-refractivity contribution is -0.203. The number of nitrogens with zero attached hydrogens (tertiary/aromatic N) is 1. The van der Waals surface area contributed by atoms with Gasteiger partial charge in [-0.1, -0.05) is 25.1 Å². The van der Waals surface area contributed by atoms with Gasteiger partial charge < -0.3 is 19.1 Å². The molecule has 3 rings (SSSR count). The number of aromatic nitrogens is 2. The summed E-state index contributed by atoms with van der Waals surface area (Å²) in [7, 11) is -4.30. The highest BCUT2D eigenvalue weighted by molar-refractivity contribution is 7.71. The van der Waals surface area contributed by atoms with Crippen LogP contribution in [0, 0.1) is 10.7 Å². The van der Waals surface area contributed by atoms with Crippen molar-refractivity contribution >= 4 is 25.8 Å². The fraction of sp³-hybridized carbons (Fsp3) is 0.522. The summed E-state index contributed by atoms with van der Waals surface area (Å²) in [6.07, 6.45) is -4.04. The normalized spacial score (nSPS) is 28.0. The minimum Gasteiger partial charge on any atom is -0.463 e. The van der Waals surface area contributed by atoms with Gasteiger partial charge in [0.1, 0.15) is 12.4 Å². The van der Waals surface area contributed by atoms with Crippen molar-refractivity contribution in [3.8, 4) is 5.75 Å². The van der Waals surface area contributed by atoms with Crippen molar-refractivity contribution in [3.05, 3.63) is 57.7 Å². The van der Waals surface area contributed by atoms with E-state index < -0.39 is 67.8 Å². The molecule has 1 fully saturated rings. The van der Waals surface area contributed by atoms with Crippen molar-refractivity contribution in [2.75, 3.05) is 12.8 Å². The number of hydrogen-bond donors (Lipinski definition) is 2. The molecule has 2 unspecified atom stereocenters. The fourth-order valence-corrected chi connectivity index (χ4v) is 5.80. The Hall–Kier alpha value is -2.44. The average molecular weight is 563 g/mol. The number of carbonyl (C=O) groups excluding carboxylic acids is 1. The van der Waals surface area contributed by atoms with Crippen molar-refractivity contribution in [3.63, 3.8) is 0 Å². The summed E-state index contributed by atoms with van der Waals surface area (Å²) in [4.78, 5) is 26.1.